The Morgan fingerprint density at radius 2 is 2.13 bits per heavy atom. The molecule has 0 aliphatic carbocycles. The van der Waals surface area contributed by atoms with Crippen LogP contribution in [0.2, 0.25) is 0 Å². The van der Waals surface area contributed by atoms with Gasteiger partial charge in [-0.1, -0.05) is 0 Å². The fourth-order valence-electron chi connectivity index (χ4n) is 2.81. The van der Waals surface area contributed by atoms with Gasteiger partial charge in [-0.2, -0.15) is 0 Å². The van der Waals surface area contributed by atoms with Gasteiger partial charge >= 0.3 is 0 Å². The second-order valence-electron chi connectivity index (χ2n) is 5.43. The van der Waals surface area contributed by atoms with Gasteiger partial charge < -0.3 is 24.8 Å². The standard InChI is InChI=1S/C17H26N2O4/c1-3-19(13-6-9-22-10-7-13)17(20)15-5-4-14(21-2)12-16(15)23-11-8-18/h4-5,12-13H,3,6-11,18H2,1-2H3. The van der Waals surface area contributed by atoms with Crippen molar-refractivity contribution in [2.75, 3.05) is 40.0 Å². The molecule has 0 aromatic heterocycles. The van der Waals surface area contributed by atoms with E-state index in [0.29, 0.717) is 50.0 Å². The lowest BCUT2D eigenvalue weighted by molar-refractivity contribution is 0.0303. The number of methoxy groups -OCH3 is 1. The molecule has 0 saturated carbocycles. The fraction of sp³-hybridized carbons (Fsp3) is 0.588. The van der Waals surface area contributed by atoms with Crippen LogP contribution < -0.4 is 15.2 Å². The fourth-order valence-corrected chi connectivity index (χ4v) is 2.81. The highest BCUT2D eigenvalue weighted by Crippen LogP contribution is 2.27. The summed E-state index contributed by atoms with van der Waals surface area (Å²) in [6, 6.07) is 5.49. The summed E-state index contributed by atoms with van der Waals surface area (Å²) in [7, 11) is 1.59. The van der Waals surface area contributed by atoms with Crippen molar-refractivity contribution in [2.24, 2.45) is 5.73 Å². The van der Waals surface area contributed by atoms with Crippen molar-refractivity contribution in [1.82, 2.24) is 4.90 Å². The van der Waals surface area contributed by atoms with Crippen LogP contribution in [-0.2, 0) is 4.74 Å². The molecule has 128 valence electrons. The Morgan fingerprint density at radius 3 is 2.74 bits per heavy atom. The average Bonchev–Trinajstić information content (AvgIpc) is 2.61. The van der Waals surface area contributed by atoms with E-state index in [9.17, 15) is 4.79 Å². The van der Waals surface area contributed by atoms with Gasteiger partial charge in [0.1, 0.15) is 18.1 Å². The van der Waals surface area contributed by atoms with E-state index in [1.807, 2.05) is 11.8 Å². The molecule has 1 heterocycles. The van der Waals surface area contributed by atoms with Gasteiger partial charge in [0.05, 0.1) is 12.7 Å². The average molecular weight is 322 g/mol. The van der Waals surface area contributed by atoms with Crippen LogP contribution in [0.3, 0.4) is 0 Å². The minimum Gasteiger partial charge on any atom is -0.497 e. The lowest BCUT2D eigenvalue weighted by Gasteiger charge is -2.34. The third-order valence-electron chi connectivity index (χ3n) is 4.03. The first-order valence-corrected chi connectivity index (χ1v) is 8.10. The van der Waals surface area contributed by atoms with E-state index in [4.69, 9.17) is 19.9 Å². The Bertz CT molecular complexity index is 515. The summed E-state index contributed by atoms with van der Waals surface area (Å²) in [5.41, 5.74) is 6.06. The van der Waals surface area contributed by atoms with Crippen molar-refractivity contribution in [2.45, 2.75) is 25.8 Å². The number of carbonyl (C=O) groups is 1. The van der Waals surface area contributed by atoms with E-state index < -0.39 is 0 Å². The van der Waals surface area contributed by atoms with Crippen molar-refractivity contribution in [1.29, 1.82) is 0 Å². The molecule has 1 fully saturated rings. The van der Waals surface area contributed by atoms with Crippen molar-refractivity contribution in [3.05, 3.63) is 23.8 Å². The van der Waals surface area contributed by atoms with Crippen LogP contribution in [0.1, 0.15) is 30.1 Å². The van der Waals surface area contributed by atoms with Gasteiger partial charge in [-0.3, -0.25) is 4.79 Å². The van der Waals surface area contributed by atoms with Crippen LogP contribution >= 0.6 is 0 Å². The topological polar surface area (TPSA) is 74.0 Å². The first-order valence-electron chi connectivity index (χ1n) is 8.10. The van der Waals surface area contributed by atoms with Crippen molar-refractivity contribution in [3.63, 3.8) is 0 Å². The van der Waals surface area contributed by atoms with Gasteiger partial charge in [0.2, 0.25) is 0 Å². The smallest absolute Gasteiger partial charge is 0.257 e. The Morgan fingerprint density at radius 1 is 1.39 bits per heavy atom. The Labute approximate surface area is 137 Å². The summed E-state index contributed by atoms with van der Waals surface area (Å²) < 4.78 is 16.3. The molecule has 0 bridgehead atoms. The molecule has 1 aliphatic heterocycles. The number of nitrogens with two attached hydrogens (primary N) is 1. The van der Waals surface area contributed by atoms with E-state index in [1.54, 1.807) is 25.3 Å². The molecular weight excluding hydrogens is 296 g/mol. The summed E-state index contributed by atoms with van der Waals surface area (Å²) in [5, 5.41) is 0. The predicted molar refractivity (Wildman–Crippen MR) is 88.1 cm³/mol. The molecular formula is C17H26N2O4. The molecule has 0 atom stereocenters. The minimum absolute atomic E-state index is 0.0194. The molecule has 0 spiro atoms. The zero-order valence-corrected chi connectivity index (χ0v) is 13.9. The van der Waals surface area contributed by atoms with Crippen LogP contribution in [0.25, 0.3) is 0 Å². The number of ether oxygens (including phenoxy) is 3. The van der Waals surface area contributed by atoms with E-state index in [2.05, 4.69) is 0 Å². The summed E-state index contributed by atoms with van der Waals surface area (Å²) in [6.07, 6.45) is 1.74. The highest BCUT2D eigenvalue weighted by molar-refractivity contribution is 5.97. The third-order valence-corrected chi connectivity index (χ3v) is 4.03. The normalized spacial score (nSPS) is 15.3. The number of hydrogen-bond donors (Lipinski definition) is 1. The molecule has 1 amide bonds. The molecule has 2 rings (SSSR count). The summed E-state index contributed by atoms with van der Waals surface area (Å²) in [5.74, 6) is 1.15. The number of rotatable bonds is 7. The molecule has 2 N–H and O–H groups in total. The summed E-state index contributed by atoms with van der Waals surface area (Å²) in [6.45, 7) is 4.81. The molecule has 6 nitrogen and oxygen atoms in total. The van der Waals surface area contributed by atoms with E-state index >= 15 is 0 Å². The Balaban J connectivity index is 2.24. The highest BCUT2D eigenvalue weighted by atomic mass is 16.5. The van der Waals surface area contributed by atoms with Crippen LogP contribution in [0.5, 0.6) is 11.5 Å². The van der Waals surface area contributed by atoms with Crippen molar-refractivity contribution in [3.8, 4) is 11.5 Å². The number of nitrogens with zero attached hydrogens (tertiary/aromatic N) is 1. The van der Waals surface area contributed by atoms with Crippen LogP contribution in [0, 0.1) is 0 Å². The van der Waals surface area contributed by atoms with E-state index in [0.717, 1.165) is 12.8 Å². The van der Waals surface area contributed by atoms with Gasteiger partial charge in [0.25, 0.3) is 5.91 Å². The quantitative estimate of drug-likeness (QED) is 0.826. The Kier molecular flexibility index (Phi) is 6.67. The molecule has 1 aromatic carbocycles. The van der Waals surface area contributed by atoms with Gasteiger partial charge in [-0.15, -0.1) is 0 Å². The number of carbonyl (C=O) groups excluding carboxylic acids is 1. The molecule has 1 saturated heterocycles. The zero-order valence-electron chi connectivity index (χ0n) is 13.9. The summed E-state index contributed by atoms with van der Waals surface area (Å²) >= 11 is 0. The largest absolute Gasteiger partial charge is 0.497 e. The lowest BCUT2D eigenvalue weighted by Crippen LogP contribution is -2.43. The zero-order chi connectivity index (χ0) is 16.7. The van der Waals surface area contributed by atoms with E-state index in [1.165, 1.54) is 0 Å². The molecule has 1 aliphatic rings. The second-order valence-corrected chi connectivity index (χ2v) is 5.43. The Hall–Kier alpha value is -1.79. The highest BCUT2D eigenvalue weighted by Gasteiger charge is 2.27. The number of hydrogen-bond acceptors (Lipinski definition) is 5. The van der Waals surface area contributed by atoms with Crippen LogP contribution in [0.4, 0.5) is 0 Å². The van der Waals surface area contributed by atoms with E-state index in [-0.39, 0.29) is 11.9 Å². The lowest BCUT2D eigenvalue weighted by atomic mass is 10.0. The molecule has 23 heavy (non-hydrogen) atoms. The minimum atomic E-state index is -0.0194. The first-order chi connectivity index (χ1) is 11.2. The second kappa shape index (κ2) is 8.74. The SMILES string of the molecule is CCN(C(=O)c1ccc(OC)cc1OCCN)C1CCOCC1. The monoisotopic (exact) mass is 322 g/mol. The summed E-state index contributed by atoms with van der Waals surface area (Å²) in [4.78, 5) is 14.9. The maximum absolute atomic E-state index is 13.0. The molecule has 1 aromatic rings. The molecule has 6 heteroatoms. The number of amides is 1. The van der Waals surface area contributed by atoms with Crippen molar-refractivity contribution < 1.29 is 19.0 Å². The van der Waals surface area contributed by atoms with Gasteiger partial charge in [-0.25, -0.2) is 0 Å². The van der Waals surface area contributed by atoms with Crippen molar-refractivity contribution >= 4 is 5.91 Å². The van der Waals surface area contributed by atoms with Gasteiger partial charge in [0, 0.05) is 38.4 Å². The molecule has 0 radical (unpaired) electrons. The third kappa shape index (κ3) is 4.36. The maximum Gasteiger partial charge on any atom is 0.257 e. The maximum atomic E-state index is 13.0. The molecule has 0 unspecified atom stereocenters. The number of benzene rings is 1. The van der Waals surface area contributed by atoms with Crippen LogP contribution in [0.15, 0.2) is 18.2 Å². The first kappa shape index (κ1) is 17.6. The predicted octanol–water partition coefficient (Wildman–Crippen LogP) is 1.67. The van der Waals surface area contributed by atoms with Gasteiger partial charge in [-0.05, 0) is 31.9 Å². The van der Waals surface area contributed by atoms with Crippen LogP contribution in [-0.4, -0.2) is 56.9 Å². The van der Waals surface area contributed by atoms with Gasteiger partial charge in [0.15, 0.2) is 0 Å².